The van der Waals surface area contributed by atoms with Gasteiger partial charge in [0.15, 0.2) is 0 Å². The molecule has 11 rings (SSSR count). The van der Waals surface area contributed by atoms with Crippen molar-refractivity contribution in [1.82, 2.24) is 9.13 Å². The molecule has 0 atom stereocenters. The van der Waals surface area contributed by atoms with E-state index in [1.807, 2.05) is 0 Å². The molecule has 258 valence electrons. The summed E-state index contributed by atoms with van der Waals surface area (Å²) < 4.78 is 4.86. The number of fused-ring (bicyclic) bond motifs is 7. The fraction of sp³-hybridized carbons (Fsp3) is 0. The molecule has 0 amide bonds. The van der Waals surface area contributed by atoms with Crippen LogP contribution in [0.1, 0.15) is 0 Å². The summed E-state index contributed by atoms with van der Waals surface area (Å²) in [6, 6.07) is 74.7. The van der Waals surface area contributed by atoms with Crippen LogP contribution in [-0.2, 0) is 0 Å². The molecule has 11 aromatic rings. The van der Waals surface area contributed by atoms with E-state index in [2.05, 4.69) is 226 Å². The Bertz CT molecular complexity index is 3130. The fourth-order valence-electron chi connectivity index (χ4n) is 8.52. The highest BCUT2D eigenvalue weighted by Crippen LogP contribution is 2.43. The van der Waals surface area contributed by atoms with Gasteiger partial charge >= 0.3 is 0 Å². The molecule has 0 unspecified atom stereocenters. The largest absolute Gasteiger partial charge is 0.314 e. The molecule has 3 nitrogen and oxygen atoms in total. The summed E-state index contributed by atoms with van der Waals surface area (Å²) in [7, 11) is 0. The van der Waals surface area contributed by atoms with Crippen molar-refractivity contribution in [2.75, 3.05) is 4.90 Å². The molecular weight excluding hydrogens is 667 g/mol. The summed E-state index contributed by atoms with van der Waals surface area (Å²) in [4.78, 5) is 2.39. The van der Waals surface area contributed by atoms with E-state index in [0.29, 0.717) is 0 Å². The SMILES string of the molecule is c1ccc(-c2cn(-c3ccccc3)c3c2ccc2c4ccccc4n(-c4cccc(N(c5ccc6ccccc6c5)c5ccc6ccccc6c5)c4)c23)cc1. The lowest BCUT2D eigenvalue weighted by Crippen LogP contribution is -2.10. The van der Waals surface area contributed by atoms with Crippen molar-refractivity contribution in [2.45, 2.75) is 0 Å². The van der Waals surface area contributed by atoms with E-state index < -0.39 is 0 Å². The molecule has 0 aliphatic heterocycles. The summed E-state index contributed by atoms with van der Waals surface area (Å²) in [5, 5.41) is 8.55. The maximum absolute atomic E-state index is 2.48. The third-order valence-corrected chi connectivity index (χ3v) is 11.0. The molecule has 0 aliphatic rings. The van der Waals surface area contributed by atoms with E-state index >= 15 is 0 Å². The quantitative estimate of drug-likeness (QED) is 0.168. The van der Waals surface area contributed by atoms with Crippen molar-refractivity contribution in [3.63, 3.8) is 0 Å². The smallest absolute Gasteiger partial charge is 0.0788 e. The van der Waals surface area contributed by atoms with Gasteiger partial charge in [-0.25, -0.2) is 0 Å². The zero-order valence-corrected chi connectivity index (χ0v) is 30.0. The monoisotopic (exact) mass is 701 g/mol. The van der Waals surface area contributed by atoms with Gasteiger partial charge in [0.25, 0.3) is 0 Å². The molecule has 0 fully saturated rings. The second-order valence-corrected chi connectivity index (χ2v) is 14.2. The van der Waals surface area contributed by atoms with Gasteiger partial charge in [-0.1, -0.05) is 146 Å². The van der Waals surface area contributed by atoms with Crippen LogP contribution < -0.4 is 4.90 Å². The Labute approximate surface area is 319 Å². The number of rotatable bonds is 6. The standard InChI is InChI=1S/C52H35N3/c1-3-16-38(17-4-1)49-35-53(41-20-5-2-6-21-41)51-48(49)31-30-47-46-24-11-12-25-50(46)55(52(47)51)43-23-13-22-42(34-43)54(44-28-26-36-14-7-9-18-39(36)32-44)45-29-27-37-15-8-10-19-40(37)33-45/h1-35H. The first-order valence-corrected chi connectivity index (χ1v) is 18.8. The van der Waals surface area contributed by atoms with Crippen molar-refractivity contribution in [2.24, 2.45) is 0 Å². The van der Waals surface area contributed by atoms with Crippen LogP contribution >= 0.6 is 0 Å². The Morgan fingerprint density at radius 3 is 1.62 bits per heavy atom. The minimum absolute atomic E-state index is 1.09. The third-order valence-electron chi connectivity index (χ3n) is 11.0. The van der Waals surface area contributed by atoms with Crippen LogP contribution in [0.3, 0.4) is 0 Å². The fourth-order valence-corrected chi connectivity index (χ4v) is 8.52. The van der Waals surface area contributed by atoms with Crippen LogP contribution in [-0.4, -0.2) is 9.13 Å². The number of anilines is 3. The van der Waals surface area contributed by atoms with Gasteiger partial charge in [-0.2, -0.15) is 0 Å². The maximum Gasteiger partial charge on any atom is 0.0788 e. The molecule has 0 aliphatic carbocycles. The Hall–Kier alpha value is -7.36. The molecule has 9 aromatic carbocycles. The van der Waals surface area contributed by atoms with Crippen LogP contribution in [0.5, 0.6) is 0 Å². The second kappa shape index (κ2) is 12.6. The molecular formula is C52H35N3. The lowest BCUT2D eigenvalue weighted by atomic mass is 10.0. The second-order valence-electron chi connectivity index (χ2n) is 14.2. The molecule has 2 heterocycles. The summed E-state index contributed by atoms with van der Waals surface area (Å²) in [6.07, 6.45) is 2.31. The Balaban J connectivity index is 1.20. The van der Waals surface area contributed by atoms with Crippen LogP contribution in [0.15, 0.2) is 212 Å². The van der Waals surface area contributed by atoms with E-state index in [1.54, 1.807) is 0 Å². The number of benzene rings is 9. The molecule has 0 saturated heterocycles. The molecule has 0 bridgehead atoms. The van der Waals surface area contributed by atoms with Gasteiger partial charge in [-0.15, -0.1) is 0 Å². The van der Waals surface area contributed by atoms with Crippen LogP contribution in [0.25, 0.3) is 76.8 Å². The minimum atomic E-state index is 1.09. The lowest BCUT2D eigenvalue weighted by molar-refractivity contribution is 1.11. The van der Waals surface area contributed by atoms with Gasteiger partial charge in [0, 0.05) is 56.4 Å². The molecule has 0 spiro atoms. The predicted octanol–water partition coefficient (Wildman–Crippen LogP) is 14.2. The number of para-hydroxylation sites is 2. The number of hydrogen-bond acceptors (Lipinski definition) is 1. The van der Waals surface area contributed by atoms with Crippen LogP contribution in [0, 0.1) is 0 Å². The van der Waals surface area contributed by atoms with E-state index in [9.17, 15) is 0 Å². The van der Waals surface area contributed by atoms with Crippen molar-refractivity contribution < 1.29 is 0 Å². The van der Waals surface area contributed by atoms with E-state index in [0.717, 1.165) is 28.4 Å². The Morgan fingerprint density at radius 2 is 0.909 bits per heavy atom. The summed E-state index contributed by atoms with van der Waals surface area (Å²) in [6.45, 7) is 0. The maximum atomic E-state index is 2.48. The molecule has 3 heteroatoms. The van der Waals surface area contributed by atoms with Gasteiger partial charge < -0.3 is 14.0 Å². The van der Waals surface area contributed by atoms with Gasteiger partial charge in [-0.3, -0.25) is 0 Å². The summed E-state index contributed by atoms with van der Waals surface area (Å²) in [5.74, 6) is 0. The van der Waals surface area contributed by atoms with Gasteiger partial charge in [0.1, 0.15) is 0 Å². The highest BCUT2D eigenvalue weighted by molar-refractivity contribution is 6.20. The van der Waals surface area contributed by atoms with Crippen molar-refractivity contribution >= 4 is 71.3 Å². The topological polar surface area (TPSA) is 13.1 Å². The van der Waals surface area contributed by atoms with Gasteiger partial charge in [0.2, 0.25) is 0 Å². The van der Waals surface area contributed by atoms with Crippen molar-refractivity contribution in [3.8, 4) is 22.5 Å². The Kier molecular flexibility index (Phi) is 7.17. The lowest BCUT2D eigenvalue weighted by Gasteiger charge is -2.27. The average Bonchev–Trinajstić information content (AvgIpc) is 3.81. The predicted molar refractivity (Wildman–Crippen MR) is 233 cm³/mol. The van der Waals surface area contributed by atoms with Gasteiger partial charge in [0.05, 0.1) is 16.6 Å². The Morgan fingerprint density at radius 1 is 0.345 bits per heavy atom. The highest BCUT2D eigenvalue weighted by atomic mass is 15.1. The molecule has 55 heavy (non-hydrogen) atoms. The van der Waals surface area contributed by atoms with Crippen molar-refractivity contribution in [1.29, 1.82) is 0 Å². The normalized spacial score (nSPS) is 11.6. The van der Waals surface area contributed by atoms with E-state index in [4.69, 9.17) is 0 Å². The van der Waals surface area contributed by atoms with Gasteiger partial charge in [-0.05, 0) is 87.8 Å². The van der Waals surface area contributed by atoms with Crippen LogP contribution in [0.2, 0.25) is 0 Å². The van der Waals surface area contributed by atoms with Crippen molar-refractivity contribution in [3.05, 3.63) is 212 Å². The molecule has 0 N–H and O–H groups in total. The van der Waals surface area contributed by atoms with Crippen LogP contribution in [0.4, 0.5) is 17.1 Å². The zero-order valence-electron chi connectivity index (χ0n) is 30.0. The summed E-state index contributed by atoms with van der Waals surface area (Å²) >= 11 is 0. The third kappa shape index (κ3) is 5.13. The average molecular weight is 702 g/mol. The molecule has 2 aromatic heterocycles. The zero-order chi connectivity index (χ0) is 36.3. The first kappa shape index (κ1) is 31.2. The first-order valence-electron chi connectivity index (χ1n) is 18.8. The number of hydrogen-bond donors (Lipinski definition) is 0. The van der Waals surface area contributed by atoms with E-state index in [1.165, 1.54) is 65.4 Å². The van der Waals surface area contributed by atoms with E-state index in [-0.39, 0.29) is 0 Å². The number of aromatic nitrogens is 2. The first-order chi connectivity index (χ1) is 27.3. The molecule has 0 radical (unpaired) electrons. The summed E-state index contributed by atoms with van der Waals surface area (Å²) in [5.41, 5.74) is 11.5. The minimum Gasteiger partial charge on any atom is -0.314 e. The number of nitrogens with zero attached hydrogens (tertiary/aromatic N) is 3. The molecule has 0 saturated carbocycles. The highest BCUT2D eigenvalue weighted by Gasteiger charge is 2.22.